The predicted octanol–water partition coefficient (Wildman–Crippen LogP) is 4.82. The Bertz CT molecular complexity index is 1040. The number of hydrogen-bond acceptors (Lipinski definition) is 5. The summed E-state index contributed by atoms with van der Waals surface area (Å²) in [5, 5.41) is 0. The predicted molar refractivity (Wildman–Crippen MR) is 111 cm³/mol. The lowest BCUT2D eigenvalue weighted by molar-refractivity contribution is 0.0730. The number of allylic oxidation sites excluding steroid dienone is 1. The van der Waals surface area contributed by atoms with Crippen LogP contribution in [0.3, 0.4) is 0 Å². The average molecular weight is 388 g/mol. The summed E-state index contributed by atoms with van der Waals surface area (Å²) in [6.07, 6.45) is 3.06. The van der Waals surface area contributed by atoms with Crippen molar-refractivity contribution >= 4 is 17.8 Å². The number of hydrogen-bond donors (Lipinski definition) is 0. The SMILES string of the molecule is COc1ccc(C(=O)/C=C/c2ccccc2OC(=O)c2ccccc2OC)cc1. The van der Waals surface area contributed by atoms with E-state index in [4.69, 9.17) is 14.2 Å². The quantitative estimate of drug-likeness (QED) is 0.251. The molecule has 0 aromatic heterocycles. The molecule has 0 unspecified atom stereocenters. The van der Waals surface area contributed by atoms with Crippen molar-refractivity contribution in [2.24, 2.45) is 0 Å². The van der Waals surface area contributed by atoms with Crippen molar-refractivity contribution < 1.29 is 23.8 Å². The average Bonchev–Trinajstić information content (AvgIpc) is 2.78. The van der Waals surface area contributed by atoms with Gasteiger partial charge in [-0.1, -0.05) is 30.3 Å². The molecule has 0 amide bonds. The molecule has 0 saturated heterocycles. The van der Waals surface area contributed by atoms with Crippen molar-refractivity contribution in [1.29, 1.82) is 0 Å². The molecule has 0 aliphatic heterocycles. The van der Waals surface area contributed by atoms with Crippen LogP contribution in [0.1, 0.15) is 26.3 Å². The maximum atomic E-state index is 12.6. The van der Waals surface area contributed by atoms with Gasteiger partial charge in [-0.05, 0) is 54.6 Å². The van der Waals surface area contributed by atoms with Crippen molar-refractivity contribution in [2.75, 3.05) is 14.2 Å². The zero-order chi connectivity index (χ0) is 20.6. The van der Waals surface area contributed by atoms with Crippen LogP contribution >= 0.6 is 0 Å². The second kappa shape index (κ2) is 9.37. The van der Waals surface area contributed by atoms with E-state index in [2.05, 4.69) is 0 Å². The summed E-state index contributed by atoms with van der Waals surface area (Å²) in [5.41, 5.74) is 1.46. The largest absolute Gasteiger partial charge is 0.497 e. The van der Waals surface area contributed by atoms with Crippen LogP contribution in [-0.2, 0) is 0 Å². The van der Waals surface area contributed by atoms with Crippen LogP contribution in [0.2, 0.25) is 0 Å². The number of carbonyl (C=O) groups is 2. The maximum absolute atomic E-state index is 12.6. The zero-order valence-corrected chi connectivity index (χ0v) is 16.1. The lowest BCUT2D eigenvalue weighted by Crippen LogP contribution is -2.10. The van der Waals surface area contributed by atoms with Crippen molar-refractivity contribution in [3.8, 4) is 17.2 Å². The van der Waals surface area contributed by atoms with Crippen LogP contribution in [0.5, 0.6) is 17.2 Å². The minimum Gasteiger partial charge on any atom is -0.497 e. The molecule has 0 spiro atoms. The van der Waals surface area contributed by atoms with Gasteiger partial charge in [0.15, 0.2) is 5.78 Å². The van der Waals surface area contributed by atoms with Gasteiger partial charge in [0.05, 0.1) is 14.2 Å². The Balaban J connectivity index is 1.78. The second-order valence-corrected chi connectivity index (χ2v) is 6.05. The minimum atomic E-state index is -0.537. The van der Waals surface area contributed by atoms with Crippen LogP contribution < -0.4 is 14.2 Å². The Labute approximate surface area is 169 Å². The molecule has 0 N–H and O–H groups in total. The van der Waals surface area contributed by atoms with E-state index >= 15 is 0 Å². The maximum Gasteiger partial charge on any atom is 0.347 e. The van der Waals surface area contributed by atoms with Crippen LogP contribution in [0.15, 0.2) is 78.9 Å². The molecule has 146 valence electrons. The third-order valence-electron chi connectivity index (χ3n) is 4.24. The van der Waals surface area contributed by atoms with Gasteiger partial charge in [0.1, 0.15) is 22.8 Å². The fourth-order valence-electron chi connectivity index (χ4n) is 2.70. The van der Waals surface area contributed by atoms with Crippen LogP contribution in [-0.4, -0.2) is 26.0 Å². The van der Waals surface area contributed by atoms with E-state index in [-0.39, 0.29) is 5.78 Å². The van der Waals surface area contributed by atoms with Gasteiger partial charge in [-0.25, -0.2) is 4.79 Å². The topological polar surface area (TPSA) is 61.8 Å². The summed E-state index contributed by atoms with van der Waals surface area (Å²) < 4.78 is 15.9. The van der Waals surface area contributed by atoms with Gasteiger partial charge < -0.3 is 14.2 Å². The first-order valence-corrected chi connectivity index (χ1v) is 8.93. The van der Waals surface area contributed by atoms with Gasteiger partial charge in [0.2, 0.25) is 0 Å². The van der Waals surface area contributed by atoms with Crippen molar-refractivity contribution in [3.05, 3.63) is 95.6 Å². The van der Waals surface area contributed by atoms with Crippen molar-refractivity contribution in [1.82, 2.24) is 0 Å². The summed E-state index contributed by atoms with van der Waals surface area (Å²) in [5.74, 6) is 0.754. The molecule has 0 bridgehead atoms. The van der Waals surface area contributed by atoms with E-state index in [0.717, 1.165) is 0 Å². The fourth-order valence-corrected chi connectivity index (χ4v) is 2.70. The van der Waals surface area contributed by atoms with E-state index in [1.807, 2.05) is 0 Å². The normalized spacial score (nSPS) is 10.6. The summed E-state index contributed by atoms with van der Waals surface area (Å²) in [6.45, 7) is 0. The molecule has 3 aromatic carbocycles. The van der Waals surface area contributed by atoms with Crippen molar-refractivity contribution in [3.63, 3.8) is 0 Å². The molecule has 0 aliphatic carbocycles. The highest BCUT2D eigenvalue weighted by Crippen LogP contribution is 2.24. The minimum absolute atomic E-state index is 0.168. The number of esters is 1. The monoisotopic (exact) mass is 388 g/mol. The summed E-state index contributed by atoms with van der Waals surface area (Å²) >= 11 is 0. The molecule has 0 atom stereocenters. The molecular weight excluding hydrogens is 368 g/mol. The molecule has 0 saturated carbocycles. The molecule has 5 heteroatoms. The molecule has 0 fully saturated rings. The Morgan fingerprint density at radius 2 is 1.41 bits per heavy atom. The highest BCUT2D eigenvalue weighted by atomic mass is 16.5. The standard InChI is InChI=1S/C24H20O5/c1-27-19-14-11-17(12-15-19)21(25)16-13-18-7-3-5-9-22(18)29-24(26)20-8-4-6-10-23(20)28-2/h3-16H,1-2H3/b16-13+. The Morgan fingerprint density at radius 3 is 2.10 bits per heavy atom. The molecule has 29 heavy (non-hydrogen) atoms. The zero-order valence-electron chi connectivity index (χ0n) is 16.1. The van der Waals surface area contributed by atoms with Gasteiger partial charge in [0.25, 0.3) is 0 Å². The molecule has 3 aromatic rings. The highest BCUT2D eigenvalue weighted by molar-refractivity contribution is 6.07. The van der Waals surface area contributed by atoms with Crippen LogP contribution in [0, 0.1) is 0 Å². The van der Waals surface area contributed by atoms with E-state index in [1.54, 1.807) is 86.0 Å². The van der Waals surface area contributed by atoms with E-state index in [0.29, 0.717) is 33.9 Å². The number of para-hydroxylation sites is 2. The van der Waals surface area contributed by atoms with Gasteiger partial charge in [-0.2, -0.15) is 0 Å². The first kappa shape index (κ1) is 19.9. The summed E-state index contributed by atoms with van der Waals surface area (Å²) in [4.78, 5) is 25.0. The number of benzene rings is 3. The third kappa shape index (κ3) is 4.90. The van der Waals surface area contributed by atoms with E-state index in [1.165, 1.54) is 13.2 Å². The molecule has 5 nitrogen and oxygen atoms in total. The molecule has 0 heterocycles. The Kier molecular flexibility index (Phi) is 6.43. The lowest BCUT2D eigenvalue weighted by atomic mass is 10.1. The van der Waals surface area contributed by atoms with Crippen molar-refractivity contribution in [2.45, 2.75) is 0 Å². The smallest absolute Gasteiger partial charge is 0.347 e. The van der Waals surface area contributed by atoms with Gasteiger partial charge >= 0.3 is 5.97 Å². The third-order valence-corrected chi connectivity index (χ3v) is 4.24. The lowest BCUT2D eigenvalue weighted by Gasteiger charge is -2.10. The van der Waals surface area contributed by atoms with Crippen LogP contribution in [0.25, 0.3) is 6.08 Å². The molecule has 0 aliphatic rings. The number of carbonyl (C=O) groups excluding carboxylic acids is 2. The summed E-state index contributed by atoms with van der Waals surface area (Å²) in [7, 11) is 3.06. The molecule has 0 radical (unpaired) electrons. The summed E-state index contributed by atoms with van der Waals surface area (Å²) in [6, 6.07) is 20.7. The number of ether oxygens (including phenoxy) is 3. The number of methoxy groups -OCH3 is 2. The van der Waals surface area contributed by atoms with E-state index in [9.17, 15) is 9.59 Å². The van der Waals surface area contributed by atoms with Gasteiger partial charge in [-0.3, -0.25) is 4.79 Å². The second-order valence-electron chi connectivity index (χ2n) is 6.05. The number of ketones is 1. The van der Waals surface area contributed by atoms with Gasteiger partial charge in [0, 0.05) is 11.1 Å². The van der Waals surface area contributed by atoms with Crippen LogP contribution in [0.4, 0.5) is 0 Å². The Hall–Kier alpha value is -3.86. The molecular formula is C24H20O5. The number of rotatable bonds is 7. The fraction of sp³-hybridized carbons (Fsp3) is 0.0833. The first-order valence-electron chi connectivity index (χ1n) is 8.93. The molecule has 3 rings (SSSR count). The van der Waals surface area contributed by atoms with E-state index < -0.39 is 5.97 Å². The first-order chi connectivity index (χ1) is 14.1. The highest BCUT2D eigenvalue weighted by Gasteiger charge is 2.15. The van der Waals surface area contributed by atoms with Gasteiger partial charge in [-0.15, -0.1) is 0 Å². The Morgan fingerprint density at radius 1 is 0.759 bits per heavy atom.